The first kappa shape index (κ1) is 10.5. The normalized spacial score (nSPS) is 10.6. The molecular formula is C9H9NO3S. The molecule has 0 saturated heterocycles. The molecule has 1 aromatic heterocycles. The van der Waals surface area contributed by atoms with Gasteiger partial charge in [0.2, 0.25) is 5.91 Å². The van der Waals surface area contributed by atoms with Gasteiger partial charge in [-0.1, -0.05) is 0 Å². The molecule has 0 atom stereocenters. The fourth-order valence-corrected chi connectivity index (χ4v) is 1.75. The fourth-order valence-electron chi connectivity index (χ4n) is 0.905. The van der Waals surface area contributed by atoms with Gasteiger partial charge in [-0.3, -0.25) is 9.59 Å². The molecule has 0 fully saturated rings. The lowest BCUT2D eigenvalue weighted by Gasteiger charge is -1.86. The minimum absolute atomic E-state index is 0.00901. The summed E-state index contributed by atoms with van der Waals surface area (Å²) < 4.78 is 0. The maximum absolute atomic E-state index is 10.4. The Morgan fingerprint density at radius 2 is 2.29 bits per heavy atom. The molecule has 0 aliphatic heterocycles. The summed E-state index contributed by atoms with van der Waals surface area (Å²) in [6.07, 6.45) is 2.81. The number of primary amides is 1. The lowest BCUT2D eigenvalue weighted by Crippen LogP contribution is -2.04. The summed E-state index contributed by atoms with van der Waals surface area (Å²) in [6, 6.07) is 1.72. The number of carbonyl (C=O) groups is 2. The van der Waals surface area contributed by atoms with Crippen molar-refractivity contribution >= 4 is 29.3 Å². The molecule has 0 aliphatic rings. The molecular weight excluding hydrogens is 202 g/mol. The summed E-state index contributed by atoms with van der Waals surface area (Å²) in [5.74, 6) is -1.38. The van der Waals surface area contributed by atoms with Gasteiger partial charge in [-0.15, -0.1) is 11.3 Å². The molecule has 1 rings (SSSR count). The van der Waals surface area contributed by atoms with Crippen LogP contribution in [0.1, 0.15) is 10.4 Å². The molecule has 0 unspecified atom stereocenters. The van der Waals surface area contributed by atoms with Gasteiger partial charge in [-0.2, -0.15) is 0 Å². The first-order valence-electron chi connectivity index (χ1n) is 3.84. The van der Waals surface area contributed by atoms with Gasteiger partial charge in [0.05, 0.1) is 6.42 Å². The largest absolute Gasteiger partial charge is 0.481 e. The predicted octanol–water partition coefficient (Wildman–Crippen LogP) is 0.874. The molecule has 0 aromatic carbocycles. The van der Waals surface area contributed by atoms with E-state index in [2.05, 4.69) is 0 Å². The van der Waals surface area contributed by atoms with E-state index < -0.39 is 11.9 Å². The second kappa shape index (κ2) is 4.57. The Labute approximate surface area is 84.7 Å². The second-order valence-corrected chi connectivity index (χ2v) is 3.65. The fraction of sp³-hybridized carbons (Fsp3) is 0.111. The number of carbonyl (C=O) groups excluding carboxylic acids is 1. The van der Waals surface area contributed by atoms with E-state index >= 15 is 0 Å². The Morgan fingerprint density at radius 1 is 1.57 bits per heavy atom. The van der Waals surface area contributed by atoms with Gasteiger partial charge in [0, 0.05) is 11.0 Å². The lowest BCUT2D eigenvalue weighted by atomic mass is 10.2. The van der Waals surface area contributed by atoms with Crippen LogP contribution in [-0.4, -0.2) is 17.0 Å². The van der Waals surface area contributed by atoms with E-state index in [1.165, 1.54) is 17.4 Å². The summed E-state index contributed by atoms with van der Waals surface area (Å²) in [4.78, 5) is 21.5. The van der Waals surface area contributed by atoms with Crippen molar-refractivity contribution < 1.29 is 14.7 Å². The molecule has 0 bridgehead atoms. The number of carboxylic acid groups (broad SMARTS) is 1. The van der Waals surface area contributed by atoms with Crippen molar-refractivity contribution in [1.82, 2.24) is 0 Å². The minimum Gasteiger partial charge on any atom is -0.481 e. The molecule has 0 radical (unpaired) electrons. The molecule has 1 heterocycles. The number of hydrogen-bond donors (Lipinski definition) is 2. The monoisotopic (exact) mass is 211 g/mol. The van der Waals surface area contributed by atoms with Crippen LogP contribution in [0.15, 0.2) is 17.5 Å². The average Bonchev–Trinajstić information content (AvgIpc) is 2.47. The maximum Gasteiger partial charge on any atom is 0.308 e. The van der Waals surface area contributed by atoms with E-state index in [0.717, 1.165) is 10.4 Å². The van der Waals surface area contributed by atoms with E-state index in [1.807, 2.05) is 0 Å². The molecule has 0 aliphatic carbocycles. The number of thiophene rings is 1. The highest BCUT2D eigenvalue weighted by molar-refractivity contribution is 7.10. The smallest absolute Gasteiger partial charge is 0.308 e. The number of amides is 1. The molecule has 0 spiro atoms. The van der Waals surface area contributed by atoms with Crippen LogP contribution in [0.3, 0.4) is 0 Å². The molecule has 74 valence electrons. The van der Waals surface area contributed by atoms with Gasteiger partial charge >= 0.3 is 5.97 Å². The van der Waals surface area contributed by atoms with Crippen LogP contribution in [0.25, 0.3) is 6.08 Å². The van der Waals surface area contributed by atoms with Crippen molar-refractivity contribution in [2.75, 3.05) is 0 Å². The quantitative estimate of drug-likeness (QED) is 0.725. The van der Waals surface area contributed by atoms with Gasteiger partial charge in [-0.25, -0.2) is 0 Å². The van der Waals surface area contributed by atoms with Crippen molar-refractivity contribution in [2.24, 2.45) is 5.73 Å². The summed E-state index contributed by atoms with van der Waals surface area (Å²) >= 11 is 1.35. The van der Waals surface area contributed by atoms with E-state index in [0.29, 0.717) is 0 Å². The summed E-state index contributed by atoms with van der Waals surface area (Å²) in [7, 11) is 0. The van der Waals surface area contributed by atoms with Crippen LogP contribution in [-0.2, 0) is 16.0 Å². The summed E-state index contributed by atoms with van der Waals surface area (Å²) in [5, 5.41) is 10.3. The molecule has 0 saturated carbocycles. The number of hydrogen-bond acceptors (Lipinski definition) is 3. The first-order valence-corrected chi connectivity index (χ1v) is 4.72. The molecule has 1 amide bonds. The Bertz CT molecular complexity index is 381. The van der Waals surface area contributed by atoms with Gasteiger partial charge in [-0.05, 0) is 23.1 Å². The van der Waals surface area contributed by atoms with Crippen LogP contribution in [0, 0.1) is 0 Å². The van der Waals surface area contributed by atoms with E-state index in [9.17, 15) is 9.59 Å². The SMILES string of the molecule is NC(=O)C=Cc1csc(CC(=O)O)c1. The van der Waals surface area contributed by atoms with Crippen molar-refractivity contribution in [3.05, 3.63) is 28.0 Å². The highest BCUT2D eigenvalue weighted by atomic mass is 32.1. The van der Waals surface area contributed by atoms with Crippen LogP contribution in [0.4, 0.5) is 0 Å². The molecule has 14 heavy (non-hydrogen) atoms. The van der Waals surface area contributed by atoms with Crippen molar-refractivity contribution in [3.63, 3.8) is 0 Å². The first-order chi connectivity index (χ1) is 6.58. The van der Waals surface area contributed by atoms with E-state index in [4.69, 9.17) is 10.8 Å². The van der Waals surface area contributed by atoms with Crippen LogP contribution in [0.5, 0.6) is 0 Å². The molecule has 1 aromatic rings. The van der Waals surface area contributed by atoms with Crippen LogP contribution >= 0.6 is 11.3 Å². The lowest BCUT2D eigenvalue weighted by molar-refractivity contribution is -0.136. The topological polar surface area (TPSA) is 80.4 Å². The van der Waals surface area contributed by atoms with Gasteiger partial charge in [0.1, 0.15) is 0 Å². The molecule has 4 nitrogen and oxygen atoms in total. The van der Waals surface area contributed by atoms with Gasteiger partial charge < -0.3 is 10.8 Å². The van der Waals surface area contributed by atoms with Crippen molar-refractivity contribution in [3.8, 4) is 0 Å². The van der Waals surface area contributed by atoms with Crippen molar-refractivity contribution in [1.29, 1.82) is 0 Å². The Kier molecular flexibility index (Phi) is 3.41. The third-order valence-corrected chi connectivity index (χ3v) is 2.39. The maximum atomic E-state index is 10.4. The third-order valence-electron chi connectivity index (χ3n) is 1.44. The summed E-state index contributed by atoms with van der Waals surface area (Å²) in [5.41, 5.74) is 5.71. The number of carboxylic acids is 1. The average molecular weight is 211 g/mol. The minimum atomic E-state index is -0.864. The zero-order valence-electron chi connectivity index (χ0n) is 7.27. The molecule has 5 heteroatoms. The zero-order valence-corrected chi connectivity index (χ0v) is 8.08. The van der Waals surface area contributed by atoms with Crippen LogP contribution in [0.2, 0.25) is 0 Å². The Balaban J connectivity index is 2.68. The van der Waals surface area contributed by atoms with Gasteiger partial charge in [0.25, 0.3) is 0 Å². The second-order valence-electron chi connectivity index (χ2n) is 2.65. The van der Waals surface area contributed by atoms with Crippen molar-refractivity contribution in [2.45, 2.75) is 6.42 Å². The Morgan fingerprint density at radius 3 is 2.86 bits per heavy atom. The third kappa shape index (κ3) is 3.40. The number of rotatable bonds is 4. The van der Waals surface area contributed by atoms with Crippen LogP contribution < -0.4 is 5.73 Å². The van der Waals surface area contributed by atoms with E-state index in [-0.39, 0.29) is 6.42 Å². The molecule has 3 N–H and O–H groups in total. The van der Waals surface area contributed by atoms with Gasteiger partial charge in [0.15, 0.2) is 0 Å². The highest BCUT2D eigenvalue weighted by Crippen LogP contribution is 2.16. The zero-order chi connectivity index (χ0) is 10.6. The summed E-state index contributed by atoms with van der Waals surface area (Å²) in [6.45, 7) is 0. The predicted molar refractivity (Wildman–Crippen MR) is 53.9 cm³/mol. The Hall–Kier alpha value is -1.62. The number of nitrogens with two attached hydrogens (primary N) is 1. The standard InChI is InChI=1S/C9H9NO3S/c10-8(11)2-1-6-3-7(14-5-6)4-9(12)13/h1-3,5H,4H2,(H2,10,11)(H,12,13). The van der Waals surface area contributed by atoms with E-state index in [1.54, 1.807) is 17.5 Å². The number of aliphatic carboxylic acids is 1. The highest BCUT2D eigenvalue weighted by Gasteiger charge is 2.02.